The Balaban J connectivity index is 1.10. The first kappa shape index (κ1) is 31.9. The van der Waals surface area contributed by atoms with Crippen molar-refractivity contribution in [2.24, 2.45) is 0 Å². The van der Waals surface area contributed by atoms with E-state index in [1.807, 2.05) is 0 Å². The lowest BCUT2D eigenvalue weighted by Gasteiger charge is -2.29. The topological polar surface area (TPSA) is 3.24 Å². The number of nitrogens with zero attached hydrogens (tertiary/aromatic N) is 1. The predicted octanol–water partition coefficient (Wildman–Crippen LogP) is 11.2. The van der Waals surface area contributed by atoms with Crippen LogP contribution in [0, 0.1) is 0 Å². The van der Waals surface area contributed by atoms with Crippen LogP contribution in [0.2, 0.25) is 26.2 Å². The van der Waals surface area contributed by atoms with Gasteiger partial charge in [0, 0.05) is 17.1 Å². The highest BCUT2D eigenvalue weighted by Gasteiger charge is 2.39. The third-order valence-electron chi connectivity index (χ3n) is 12.1. The van der Waals surface area contributed by atoms with Gasteiger partial charge >= 0.3 is 0 Å². The van der Waals surface area contributed by atoms with E-state index < -0.39 is 16.1 Å². The number of anilines is 3. The molecule has 10 rings (SSSR count). The maximum absolute atomic E-state index is 2.53. The van der Waals surface area contributed by atoms with Gasteiger partial charge in [-0.3, -0.25) is 0 Å². The molecular weight excluding hydrogens is 671 g/mol. The minimum atomic E-state index is -2.00. The Bertz CT molecular complexity index is 2730. The molecule has 0 atom stereocenters. The summed E-state index contributed by atoms with van der Waals surface area (Å²) in [5.41, 5.74) is 14.3. The molecular formula is C50H41NSi2. The lowest BCUT2D eigenvalue weighted by Crippen LogP contribution is -2.49. The van der Waals surface area contributed by atoms with Crippen molar-refractivity contribution in [1.29, 1.82) is 0 Å². The van der Waals surface area contributed by atoms with E-state index in [-0.39, 0.29) is 0 Å². The van der Waals surface area contributed by atoms with E-state index in [1.54, 1.807) is 0 Å². The summed E-state index contributed by atoms with van der Waals surface area (Å²) in [6, 6.07) is 66.1. The van der Waals surface area contributed by atoms with Crippen molar-refractivity contribution in [2.45, 2.75) is 26.2 Å². The third-order valence-corrected chi connectivity index (χ3v) is 19.1. The molecule has 2 aliphatic heterocycles. The normalized spacial score (nSPS) is 14.3. The lowest BCUT2D eigenvalue weighted by molar-refractivity contribution is 1.29. The van der Waals surface area contributed by atoms with Crippen molar-refractivity contribution < 1.29 is 0 Å². The zero-order valence-electron chi connectivity index (χ0n) is 30.7. The minimum absolute atomic E-state index is 1.17. The Labute approximate surface area is 314 Å². The number of hydrogen-bond donors (Lipinski definition) is 0. The molecule has 3 heteroatoms. The lowest BCUT2D eigenvalue weighted by atomic mass is 9.99. The summed E-state index contributed by atoms with van der Waals surface area (Å²) in [6.07, 6.45) is 0. The first-order valence-electron chi connectivity index (χ1n) is 18.8. The van der Waals surface area contributed by atoms with Crippen molar-refractivity contribution in [2.75, 3.05) is 4.90 Å². The summed E-state index contributed by atoms with van der Waals surface area (Å²) in [7, 11) is -3.88. The average Bonchev–Trinajstić information content (AvgIpc) is 3.57. The van der Waals surface area contributed by atoms with Crippen molar-refractivity contribution in [3.05, 3.63) is 176 Å². The van der Waals surface area contributed by atoms with Gasteiger partial charge in [0.2, 0.25) is 0 Å². The summed E-state index contributed by atoms with van der Waals surface area (Å²) in [4.78, 5) is 2.50. The van der Waals surface area contributed by atoms with Gasteiger partial charge in [-0.05, 0) is 118 Å². The second-order valence-electron chi connectivity index (χ2n) is 15.8. The molecule has 2 heterocycles. The molecule has 0 unspecified atom stereocenters. The monoisotopic (exact) mass is 711 g/mol. The molecule has 2 aliphatic rings. The molecule has 0 N–H and O–H groups in total. The molecule has 0 saturated carbocycles. The third kappa shape index (κ3) is 5.03. The van der Waals surface area contributed by atoms with Gasteiger partial charge in [0.1, 0.15) is 16.1 Å². The molecule has 0 bridgehead atoms. The van der Waals surface area contributed by atoms with Crippen LogP contribution in [0.3, 0.4) is 0 Å². The molecule has 0 saturated heterocycles. The SMILES string of the molecule is C[Si]1(C)c2ccccc2-c2ccc(N(c3ccc(-c4ccc5ccccc5c4)cc3)c3ccc4c(c3)[Si](C)(C)c3cc(-c5ccccc5)ccc3-4)cc21. The molecule has 53 heavy (non-hydrogen) atoms. The van der Waals surface area contributed by atoms with Crippen molar-refractivity contribution >= 4 is 64.7 Å². The molecule has 0 spiro atoms. The summed E-state index contributed by atoms with van der Waals surface area (Å²) in [5.74, 6) is 0. The van der Waals surface area contributed by atoms with Crippen molar-refractivity contribution in [3.63, 3.8) is 0 Å². The summed E-state index contributed by atoms with van der Waals surface area (Å²) < 4.78 is 0. The van der Waals surface area contributed by atoms with E-state index >= 15 is 0 Å². The molecule has 0 radical (unpaired) electrons. The van der Waals surface area contributed by atoms with Gasteiger partial charge in [-0.1, -0.05) is 160 Å². The van der Waals surface area contributed by atoms with Crippen molar-refractivity contribution in [3.8, 4) is 44.5 Å². The number of rotatable bonds is 5. The van der Waals surface area contributed by atoms with E-state index in [4.69, 9.17) is 0 Å². The van der Waals surface area contributed by atoms with Gasteiger partial charge < -0.3 is 4.90 Å². The molecule has 0 fully saturated rings. The maximum Gasteiger partial charge on any atom is 0.113 e. The van der Waals surface area contributed by atoms with Crippen LogP contribution in [0.5, 0.6) is 0 Å². The van der Waals surface area contributed by atoms with Gasteiger partial charge in [0.15, 0.2) is 0 Å². The van der Waals surface area contributed by atoms with Crippen LogP contribution >= 0.6 is 0 Å². The fourth-order valence-electron chi connectivity index (χ4n) is 9.13. The summed E-state index contributed by atoms with van der Waals surface area (Å²) in [5, 5.41) is 8.63. The Kier molecular flexibility index (Phi) is 7.17. The summed E-state index contributed by atoms with van der Waals surface area (Å²) >= 11 is 0. The highest BCUT2D eigenvalue weighted by molar-refractivity contribution is 7.04. The van der Waals surface area contributed by atoms with E-state index in [2.05, 4.69) is 207 Å². The highest BCUT2D eigenvalue weighted by atomic mass is 28.3. The van der Waals surface area contributed by atoms with E-state index in [1.165, 1.54) is 93.1 Å². The van der Waals surface area contributed by atoms with Crippen LogP contribution in [0.15, 0.2) is 176 Å². The quantitative estimate of drug-likeness (QED) is 0.161. The van der Waals surface area contributed by atoms with Gasteiger partial charge in [-0.2, -0.15) is 0 Å². The predicted molar refractivity (Wildman–Crippen MR) is 234 cm³/mol. The number of fused-ring (bicyclic) bond motifs is 7. The van der Waals surface area contributed by atoms with Gasteiger partial charge in [0.05, 0.1) is 0 Å². The minimum Gasteiger partial charge on any atom is -0.311 e. The van der Waals surface area contributed by atoms with E-state index in [9.17, 15) is 0 Å². The zero-order valence-corrected chi connectivity index (χ0v) is 32.7. The smallest absolute Gasteiger partial charge is 0.113 e. The first-order valence-corrected chi connectivity index (χ1v) is 24.8. The molecule has 1 nitrogen and oxygen atoms in total. The Hall–Kier alpha value is -5.75. The molecule has 8 aromatic rings. The van der Waals surface area contributed by atoms with Gasteiger partial charge in [0.25, 0.3) is 0 Å². The first-order chi connectivity index (χ1) is 25.8. The fraction of sp³-hybridized carbons (Fsp3) is 0.0800. The van der Waals surface area contributed by atoms with Crippen LogP contribution < -0.4 is 25.6 Å². The zero-order chi connectivity index (χ0) is 35.9. The standard InChI is InChI=1S/C50H41NSi2/c1-52(2)47-17-11-10-16-43(47)45-28-25-41(32-49(45)52)51(40-23-20-36(21-24-40)38-19-18-35-14-8-9-15-37(35)30-38)42-26-29-46-44-27-22-39(34-12-6-5-7-13-34)31-48(44)53(3,4)50(46)33-42/h5-33H,1-4H3. The fourth-order valence-corrected chi connectivity index (χ4v) is 15.3. The van der Waals surface area contributed by atoms with Gasteiger partial charge in [-0.25, -0.2) is 0 Å². The molecule has 254 valence electrons. The average molecular weight is 712 g/mol. The second kappa shape index (κ2) is 11.9. The number of benzene rings is 8. The highest BCUT2D eigenvalue weighted by Crippen LogP contribution is 2.40. The van der Waals surface area contributed by atoms with Crippen LogP contribution in [-0.4, -0.2) is 16.1 Å². The van der Waals surface area contributed by atoms with Crippen LogP contribution in [0.4, 0.5) is 17.1 Å². The molecule has 0 aromatic heterocycles. The Morgan fingerprint density at radius 2 is 0.755 bits per heavy atom. The van der Waals surface area contributed by atoms with Crippen LogP contribution in [-0.2, 0) is 0 Å². The van der Waals surface area contributed by atoms with E-state index in [0.29, 0.717) is 0 Å². The van der Waals surface area contributed by atoms with Gasteiger partial charge in [-0.15, -0.1) is 0 Å². The second-order valence-corrected chi connectivity index (χ2v) is 24.5. The summed E-state index contributed by atoms with van der Waals surface area (Å²) in [6.45, 7) is 10.1. The molecule has 8 aromatic carbocycles. The van der Waals surface area contributed by atoms with E-state index in [0.717, 1.165) is 0 Å². The Morgan fingerprint density at radius 3 is 1.45 bits per heavy atom. The molecule has 0 aliphatic carbocycles. The Morgan fingerprint density at radius 1 is 0.302 bits per heavy atom. The van der Waals surface area contributed by atoms with Crippen LogP contribution in [0.25, 0.3) is 55.3 Å². The van der Waals surface area contributed by atoms with Crippen molar-refractivity contribution in [1.82, 2.24) is 0 Å². The number of hydrogen-bond acceptors (Lipinski definition) is 1. The maximum atomic E-state index is 2.53. The largest absolute Gasteiger partial charge is 0.311 e. The molecule has 0 amide bonds. The van der Waals surface area contributed by atoms with Crippen LogP contribution in [0.1, 0.15) is 0 Å².